The van der Waals surface area contributed by atoms with Crippen molar-refractivity contribution in [2.24, 2.45) is 5.73 Å². The molecular formula is C14H18IN3O2S. The number of anilines is 1. The normalized spacial score (nSPS) is 11.6. The molecule has 0 amide bonds. The second-order valence-electron chi connectivity index (χ2n) is 4.65. The molecule has 21 heavy (non-hydrogen) atoms. The Morgan fingerprint density at radius 3 is 2.67 bits per heavy atom. The van der Waals surface area contributed by atoms with Crippen molar-refractivity contribution in [3.8, 4) is 0 Å². The fraction of sp³-hybridized carbons (Fsp3) is 0.286. The van der Waals surface area contributed by atoms with Gasteiger partial charge in [0.05, 0.1) is 5.69 Å². The minimum absolute atomic E-state index is 0.246. The molecular weight excluding hydrogens is 401 g/mol. The molecule has 0 spiro atoms. The third-order valence-corrected chi connectivity index (χ3v) is 5.34. The number of nitrogens with two attached hydrogens (primary N) is 1. The third-order valence-electron chi connectivity index (χ3n) is 3.06. The van der Waals surface area contributed by atoms with Crippen LogP contribution in [0.4, 0.5) is 5.69 Å². The Balaban J connectivity index is 2.34. The fourth-order valence-corrected chi connectivity index (χ4v) is 3.89. The van der Waals surface area contributed by atoms with E-state index in [1.54, 1.807) is 24.4 Å². The van der Waals surface area contributed by atoms with Gasteiger partial charge in [-0.15, -0.1) is 0 Å². The quantitative estimate of drug-likeness (QED) is 0.707. The van der Waals surface area contributed by atoms with Crippen LogP contribution in [0, 0.1) is 3.57 Å². The molecule has 3 N–H and O–H groups in total. The standard InChI is InChI=1S/C14H18IN3O2S/c1-2-7-18-10-12(8-11(18)9-16)21(19,20)17-14-6-4-3-5-13(14)15/h3-6,8,10,17H,2,7,9,16H2,1H3. The molecule has 0 bridgehead atoms. The Kier molecular flexibility index (Phi) is 5.28. The Morgan fingerprint density at radius 1 is 1.33 bits per heavy atom. The van der Waals surface area contributed by atoms with E-state index in [0.717, 1.165) is 22.2 Å². The smallest absolute Gasteiger partial charge is 0.263 e. The zero-order valence-corrected chi connectivity index (χ0v) is 14.7. The number of aromatic nitrogens is 1. The number of hydrogen-bond acceptors (Lipinski definition) is 3. The van der Waals surface area contributed by atoms with Crippen LogP contribution in [0.1, 0.15) is 19.0 Å². The molecule has 114 valence electrons. The first-order valence-corrected chi connectivity index (χ1v) is 9.20. The van der Waals surface area contributed by atoms with Gasteiger partial charge in [0.15, 0.2) is 0 Å². The summed E-state index contributed by atoms with van der Waals surface area (Å²) in [5.74, 6) is 0. The van der Waals surface area contributed by atoms with E-state index in [4.69, 9.17) is 5.73 Å². The van der Waals surface area contributed by atoms with E-state index >= 15 is 0 Å². The van der Waals surface area contributed by atoms with Crippen LogP contribution in [0.25, 0.3) is 0 Å². The maximum Gasteiger partial charge on any atom is 0.263 e. The summed E-state index contributed by atoms with van der Waals surface area (Å²) in [4.78, 5) is 0.246. The van der Waals surface area contributed by atoms with Gasteiger partial charge >= 0.3 is 0 Å². The lowest BCUT2D eigenvalue weighted by Crippen LogP contribution is -2.13. The molecule has 0 atom stereocenters. The van der Waals surface area contributed by atoms with Gasteiger partial charge in [0.25, 0.3) is 10.0 Å². The topological polar surface area (TPSA) is 77.1 Å². The van der Waals surface area contributed by atoms with E-state index in [1.807, 2.05) is 23.6 Å². The van der Waals surface area contributed by atoms with E-state index in [-0.39, 0.29) is 4.90 Å². The minimum Gasteiger partial charge on any atom is -0.349 e. The summed E-state index contributed by atoms with van der Waals surface area (Å²) in [5, 5.41) is 0. The summed E-state index contributed by atoms with van der Waals surface area (Å²) in [6.45, 7) is 3.11. The number of aryl methyl sites for hydroxylation is 1. The summed E-state index contributed by atoms with van der Waals surface area (Å²) >= 11 is 2.10. The molecule has 2 aromatic rings. The van der Waals surface area contributed by atoms with Gasteiger partial charge in [-0.25, -0.2) is 8.42 Å². The Bertz CT molecular complexity index is 726. The van der Waals surface area contributed by atoms with E-state index in [1.165, 1.54) is 0 Å². The van der Waals surface area contributed by atoms with Crippen LogP contribution in [-0.2, 0) is 23.1 Å². The van der Waals surface area contributed by atoms with Crippen LogP contribution in [0.15, 0.2) is 41.4 Å². The number of hydrogen-bond donors (Lipinski definition) is 2. The molecule has 0 radical (unpaired) electrons. The molecule has 1 heterocycles. The first-order valence-electron chi connectivity index (χ1n) is 6.64. The predicted octanol–water partition coefficient (Wildman–Crippen LogP) is 2.76. The monoisotopic (exact) mass is 419 g/mol. The second-order valence-corrected chi connectivity index (χ2v) is 7.49. The average molecular weight is 419 g/mol. The second kappa shape index (κ2) is 6.80. The molecule has 0 aliphatic heterocycles. The Morgan fingerprint density at radius 2 is 2.05 bits per heavy atom. The Labute approximate surface area is 138 Å². The lowest BCUT2D eigenvalue weighted by atomic mass is 10.3. The highest BCUT2D eigenvalue weighted by Crippen LogP contribution is 2.22. The van der Waals surface area contributed by atoms with Crippen LogP contribution in [0.3, 0.4) is 0 Å². The van der Waals surface area contributed by atoms with E-state index in [2.05, 4.69) is 27.3 Å². The predicted molar refractivity (Wildman–Crippen MR) is 92.6 cm³/mol. The maximum atomic E-state index is 12.5. The van der Waals surface area contributed by atoms with Crippen LogP contribution >= 0.6 is 22.6 Å². The van der Waals surface area contributed by atoms with Crippen molar-refractivity contribution < 1.29 is 8.42 Å². The first-order chi connectivity index (χ1) is 9.97. The van der Waals surface area contributed by atoms with E-state index in [9.17, 15) is 8.42 Å². The molecule has 0 saturated heterocycles. The van der Waals surface area contributed by atoms with Crippen molar-refractivity contribution in [1.29, 1.82) is 0 Å². The van der Waals surface area contributed by atoms with Crippen molar-refractivity contribution in [2.75, 3.05) is 4.72 Å². The fourth-order valence-electron chi connectivity index (χ4n) is 2.04. The van der Waals surface area contributed by atoms with Gasteiger partial charge in [0, 0.05) is 28.6 Å². The van der Waals surface area contributed by atoms with Crippen LogP contribution in [-0.4, -0.2) is 13.0 Å². The lowest BCUT2D eigenvalue weighted by Gasteiger charge is -2.08. The molecule has 0 aliphatic carbocycles. The number of benzene rings is 1. The SMILES string of the molecule is CCCn1cc(S(=O)(=O)Nc2ccccc2I)cc1CN. The minimum atomic E-state index is -3.60. The summed E-state index contributed by atoms with van der Waals surface area (Å²) < 4.78 is 30.3. The van der Waals surface area contributed by atoms with Crippen molar-refractivity contribution in [1.82, 2.24) is 4.57 Å². The molecule has 1 aromatic carbocycles. The van der Waals surface area contributed by atoms with Gasteiger partial charge in [0.2, 0.25) is 0 Å². The van der Waals surface area contributed by atoms with Crippen LogP contribution in [0.5, 0.6) is 0 Å². The van der Waals surface area contributed by atoms with Crippen LogP contribution in [0.2, 0.25) is 0 Å². The highest BCUT2D eigenvalue weighted by Gasteiger charge is 2.19. The third kappa shape index (κ3) is 3.78. The summed E-state index contributed by atoms with van der Waals surface area (Å²) in [5.41, 5.74) is 7.08. The molecule has 0 saturated carbocycles. The van der Waals surface area contributed by atoms with Gasteiger partial charge in [0.1, 0.15) is 4.90 Å². The molecule has 2 rings (SSSR count). The van der Waals surface area contributed by atoms with E-state index in [0.29, 0.717) is 12.2 Å². The van der Waals surface area contributed by atoms with Crippen molar-refractivity contribution in [3.05, 3.63) is 45.8 Å². The number of nitrogens with zero attached hydrogens (tertiary/aromatic N) is 1. The molecule has 7 heteroatoms. The first kappa shape index (κ1) is 16.3. The highest BCUT2D eigenvalue weighted by molar-refractivity contribution is 14.1. The van der Waals surface area contributed by atoms with Crippen molar-refractivity contribution >= 4 is 38.3 Å². The van der Waals surface area contributed by atoms with Gasteiger partial charge in [-0.1, -0.05) is 19.1 Å². The molecule has 0 aliphatic rings. The van der Waals surface area contributed by atoms with Crippen molar-refractivity contribution in [3.63, 3.8) is 0 Å². The maximum absolute atomic E-state index is 12.5. The molecule has 0 unspecified atom stereocenters. The van der Waals surface area contributed by atoms with Gasteiger partial charge < -0.3 is 10.3 Å². The zero-order chi connectivity index (χ0) is 15.5. The molecule has 1 aromatic heterocycles. The lowest BCUT2D eigenvalue weighted by molar-refractivity contribution is 0.600. The number of para-hydroxylation sites is 1. The summed E-state index contributed by atoms with van der Waals surface area (Å²) in [7, 11) is -3.60. The highest BCUT2D eigenvalue weighted by atomic mass is 127. The number of sulfonamides is 1. The van der Waals surface area contributed by atoms with Crippen molar-refractivity contribution in [2.45, 2.75) is 31.3 Å². The Hall–Kier alpha value is -1.06. The van der Waals surface area contributed by atoms with E-state index < -0.39 is 10.0 Å². The van der Waals surface area contributed by atoms with Crippen LogP contribution < -0.4 is 10.5 Å². The summed E-state index contributed by atoms with van der Waals surface area (Å²) in [6.07, 6.45) is 2.56. The molecule has 0 fully saturated rings. The number of halogens is 1. The molecule has 5 nitrogen and oxygen atoms in total. The van der Waals surface area contributed by atoms with Gasteiger partial charge in [-0.3, -0.25) is 4.72 Å². The van der Waals surface area contributed by atoms with Gasteiger partial charge in [-0.05, 0) is 47.2 Å². The van der Waals surface area contributed by atoms with Gasteiger partial charge in [-0.2, -0.15) is 0 Å². The number of rotatable bonds is 6. The largest absolute Gasteiger partial charge is 0.349 e. The summed E-state index contributed by atoms with van der Waals surface area (Å²) in [6, 6.07) is 8.89. The number of nitrogens with one attached hydrogen (secondary N) is 1. The zero-order valence-electron chi connectivity index (χ0n) is 11.7. The average Bonchev–Trinajstić information content (AvgIpc) is 2.86.